The van der Waals surface area contributed by atoms with Crippen LogP contribution in [0, 0.1) is 0 Å². The highest BCUT2D eigenvalue weighted by Crippen LogP contribution is 2.21. The molecule has 1 aliphatic heterocycles. The average molecular weight is 231 g/mol. The van der Waals surface area contributed by atoms with Crippen molar-refractivity contribution in [3.05, 3.63) is 0 Å². The van der Waals surface area contributed by atoms with Crippen LogP contribution in [-0.2, 0) is 4.79 Å². The molecule has 0 spiro atoms. The van der Waals surface area contributed by atoms with Crippen LogP contribution in [0.3, 0.4) is 0 Å². The lowest BCUT2D eigenvalue weighted by Gasteiger charge is -2.33. The van der Waals surface area contributed by atoms with Gasteiger partial charge >= 0.3 is 0 Å². The monoisotopic (exact) mass is 231 g/mol. The Morgan fingerprint density at radius 1 is 1.60 bits per heavy atom. The van der Waals surface area contributed by atoms with Crippen LogP contribution in [0.2, 0.25) is 0 Å². The highest BCUT2D eigenvalue weighted by Gasteiger charge is 2.33. The fourth-order valence-corrected chi connectivity index (χ4v) is 2.93. The number of hydrogen-bond donors (Lipinski definition) is 2. The van der Waals surface area contributed by atoms with Gasteiger partial charge in [-0.15, -0.1) is 0 Å². The van der Waals surface area contributed by atoms with Crippen molar-refractivity contribution in [3.8, 4) is 0 Å². The van der Waals surface area contributed by atoms with Crippen molar-refractivity contribution >= 4 is 17.7 Å². The molecule has 3 N–H and O–H groups in total. The maximum absolute atomic E-state index is 11.0. The zero-order valence-electron chi connectivity index (χ0n) is 9.69. The van der Waals surface area contributed by atoms with Crippen LogP contribution in [0.5, 0.6) is 0 Å². The first-order chi connectivity index (χ1) is 7.06. The van der Waals surface area contributed by atoms with E-state index in [1.165, 1.54) is 0 Å². The van der Waals surface area contributed by atoms with E-state index in [4.69, 9.17) is 5.73 Å². The van der Waals surface area contributed by atoms with E-state index in [2.05, 4.69) is 30.3 Å². The number of carbonyl (C=O) groups excluding carboxylic acids is 1. The highest BCUT2D eigenvalue weighted by molar-refractivity contribution is 7.99. The molecule has 1 rings (SSSR count). The minimum Gasteiger partial charge on any atom is -0.369 e. The second-order valence-corrected chi connectivity index (χ2v) is 5.31. The minimum atomic E-state index is -0.240. The molecule has 15 heavy (non-hydrogen) atoms. The molecule has 1 amide bonds. The summed E-state index contributed by atoms with van der Waals surface area (Å²) < 4.78 is 0. The zero-order chi connectivity index (χ0) is 11.4. The number of rotatable bonds is 5. The van der Waals surface area contributed by atoms with Gasteiger partial charge in [0.15, 0.2) is 0 Å². The van der Waals surface area contributed by atoms with E-state index in [9.17, 15) is 4.79 Å². The molecule has 0 aromatic rings. The number of hydrogen-bond acceptors (Lipinski definition) is 4. The topological polar surface area (TPSA) is 58.4 Å². The fraction of sp³-hybridized carbons (Fsp3) is 0.900. The Morgan fingerprint density at radius 2 is 2.27 bits per heavy atom. The Balaban J connectivity index is 2.65. The molecule has 4 nitrogen and oxygen atoms in total. The van der Waals surface area contributed by atoms with Gasteiger partial charge in [0.1, 0.15) is 0 Å². The summed E-state index contributed by atoms with van der Waals surface area (Å²) in [5.41, 5.74) is 5.28. The summed E-state index contributed by atoms with van der Waals surface area (Å²) in [7, 11) is 0. The number of primary amides is 1. The van der Waals surface area contributed by atoms with E-state index in [0.29, 0.717) is 23.9 Å². The van der Waals surface area contributed by atoms with Gasteiger partial charge in [-0.25, -0.2) is 0 Å². The Bertz CT molecular complexity index is 223. The molecule has 2 unspecified atom stereocenters. The first kappa shape index (κ1) is 12.8. The van der Waals surface area contributed by atoms with Crippen molar-refractivity contribution in [1.82, 2.24) is 10.2 Å². The Hall–Kier alpha value is -0.260. The predicted molar refractivity (Wildman–Crippen MR) is 65.0 cm³/mol. The zero-order valence-corrected chi connectivity index (χ0v) is 10.5. The molecule has 0 aliphatic carbocycles. The molecule has 88 valence electrons. The van der Waals surface area contributed by atoms with Gasteiger partial charge in [-0.1, -0.05) is 0 Å². The maximum Gasteiger partial charge on any atom is 0.231 e. The van der Waals surface area contributed by atoms with E-state index in [1.54, 1.807) is 0 Å². The summed E-state index contributed by atoms with van der Waals surface area (Å²) >= 11 is 1.86. The van der Waals surface area contributed by atoms with Gasteiger partial charge in [-0.05, 0) is 20.1 Å². The minimum absolute atomic E-state index is 0.240. The van der Waals surface area contributed by atoms with E-state index in [-0.39, 0.29) is 5.91 Å². The van der Waals surface area contributed by atoms with Gasteiger partial charge in [0.05, 0.1) is 6.54 Å². The third-order valence-electron chi connectivity index (χ3n) is 2.86. The van der Waals surface area contributed by atoms with Gasteiger partial charge in [0, 0.05) is 30.4 Å². The van der Waals surface area contributed by atoms with Crippen LogP contribution >= 0.6 is 11.8 Å². The van der Waals surface area contributed by atoms with Crippen LogP contribution in [0.25, 0.3) is 0 Å². The van der Waals surface area contributed by atoms with Crippen LogP contribution in [-0.4, -0.2) is 54.0 Å². The number of nitrogens with one attached hydrogen (secondary N) is 1. The van der Waals surface area contributed by atoms with Gasteiger partial charge in [0.25, 0.3) is 0 Å². The summed E-state index contributed by atoms with van der Waals surface area (Å²) in [5.74, 6) is -0.240. The lowest BCUT2D eigenvalue weighted by molar-refractivity contribution is -0.120. The Labute approximate surface area is 96.0 Å². The number of nitrogens with zero attached hydrogens (tertiary/aromatic N) is 1. The van der Waals surface area contributed by atoms with Gasteiger partial charge < -0.3 is 11.1 Å². The largest absolute Gasteiger partial charge is 0.369 e. The summed E-state index contributed by atoms with van der Waals surface area (Å²) in [6.45, 7) is 6.56. The summed E-state index contributed by atoms with van der Waals surface area (Å²) in [5, 5.41) is 3.93. The average Bonchev–Trinajstić information content (AvgIpc) is 2.60. The second kappa shape index (κ2) is 5.72. The number of thioether (sulfide) groups is 1. The standard InChI is InChI=1S/C10H21N3OS/c1-7(2)13(6-10(11)14)8-4-12-5-9(8)15-3/h7-9,12H,4-6H2,1-3H3,(H2,11,14). The summed E-state index contributed by atoms with van der Waals surface area (Å²) in [6, 6.07) is 0.782. The van der Waals surface area contributed by atoms with Crippen molar-refractivity contribution < 1.29 is 4.79 Å². The van der Waals surface area contributed by atoms with Crippen LogP contribution in [0.1, 0.15) is 13.8 Å². The molecule has 0 aromatic carbocycles. The summed E-state index contributed by atoms with van der Waals surface area (Å²) in [6.07, 6.45) is 2.12. The first-order valence-corrected chi connectivity index (χ1v) is 6.62. The van der Waals surface area contributed by atoms with E-state index in [1.807, 2.05) is 11.8 Å². The number of amides is 1. The number of nitrogens with two attached hydrogens (primary N) is 1. The molecule has 0 radical (unpaired) electrons. The molecule has 1 aliphatic rings. The molecule has 0 aromatic heterocycles. The van der Waals surface area contributed by atoms with Crippen LogP contribution in [0.4, 0.5) is 0 Å². The van der Waals surface area contributed by atoms with Gasteiger partial charge in [-0.2, -0.15) is 11.8 Å². The molecule has 5 heteroatoms. The van der Waals surface area contributed by atoms with Gasteiger partial charge in [-0.3, -0.25) is 9.69 Å². The lowest BCUT2D eigenvalue weighted by Crippen LogP contribution is -2.49. The molecule has 2 atom stereocenters. The predicted octanol–water partition coefficient (Wildman–Crippen LogP) is -0.114. The lowest BCUT2D eigenvalue weighted by atomic mass is 10.1. The molecule has 1 heterocycles. The van der Waals surface area contributed by atoms with E-state index < -0.39 is 0 Å². The molecular weight excluding hydrogens is 210 g/mol. The van der Waals surface area contributed by atoms with Crippen molar-refractivity contribution in [1.29, 1.82) is 0 Å². The molecular formula is C10H21N3OS. The molecule has 1 fully saturated rings. The highest BCUT2D eigenvalue weighted by atomic mass is 32.2. The SMILES string of the molecule is CSC1CNCC1N(CC(N)=O)C(C)C. The summed E-state index contributed by atoms with van der Waals surface area (Å²) in [4.78, 5) is 13.2. The van der Waals surface area contributed by atoms with Crippen LogP contribution in [0.15, 0.2) is 0 Å². The van der Waals surface area contributed by atoms with E-state index in [0.717, 1.165) is 13.1 Å². The molecule has 0 saturated carbocycles. The van der Waals surface area contributed by atoms with Crippen molar-refractivity contribution in [2.45, 2.75) is 31.2 Å². The third-order valence-corrected chi connectivity index (χ3v) is 3.94. The van der Waals surface area contributed by atoms with E-state index >= 15 is 0 Å². The smallest absolute Gasteiger partial charge is 0.231 e. The molecule has 1 saturated heterocycles. The van der Waals surface area contributed by atoms with Crippen molar-refractivity contribution in [3.63, 3.8) is 0 Å². The number of carbonyl (C=O) groups is 1. The Morgan fingerprint density at radius 3 is 2.73 bits per heavy atom. The quantitative estimate of drug-likeness (QED) is 0.693. The van der Waals surface area contributed by atoms with Gasteiger partial charge in [0.2, 0.25) is 5.91 Å². The van der Waals surface area contributed by atoms with Crippen molar-refractivity contribution in [2.75, 3.05) is 25.9 Å². The first-order valence-electron chi connectivity index (χ1n) is 5.33. The fourth-order valence-electron chi connectivity index (χ4n) is 2.07. The van der Waals surface area contributed by atoms with Crippen LogP contribution < -0.4 is 11.1 Å². The second-order valence-electron chi connectivity index (χ2n) is 4.23. The normalized spacial score (nSPS) is 26.5. The Kier molecular flexibility index (Phi) is 4.89. The third kappa shape index (κ3) is 3.36. The van der Waals surface area contributed by atoms with Crippen molar-refractivity contribution in [2.24, 2.45) is 5.73 Å². The molecule has 0 bridgehead atoms. The maximum atomic E-state index is 11.0.